The highest BCUT2D eigenvalue weighted by Crippen LogP contribution is 2.45. The quantitative estimate of drug-likeness (QED) is 0.400. The molecule has 3 aromatic rings. The minimum atomic E-state index is 0.826. The zero-order valence-corrected chi connectivity index (χ0v) is 18.4. The standard InChI is InChI=1S/C24H28S3/c1-3-7-17(8-4-1)19-11-13-21(25-19)23-15-16-24(27-23)22-14-12-20(26-22)18-9-5-2-6-10-18/h11-18H,1-10H2. The molecule has 0 aromatic carbocycles. The van der Waals surface area contributed by atoms with E-state index in [1.54, 1.807) is 9.75 Å². The monoisotopic (exact) mass is 412 g/mol. The first-order chi connectivity index (χ1) is 13.4. The summed E-state index contributed by atoms with van der Waals surface area (Å²) < 4.78 is 0. The van der Waals surface area contributed by atoms with E-state index >= 15 is 0 Å². The van der Waals surface area contributed by atoms with Crippen LogP contribution in [0.25, 0.3) is 19.5 Å². The molecule has 0 amide bonds. The van der Waals surface area contributed by atoms with E-state index in [-0.39, 0.29) is 0 Å². The van der Waals surface area contributed by atoms with Crippen LogP contribution in [0.1, 0.15) is 85.8 Å². The van der Waals surface area contributed by atoms with Crippen LogP contribution in [-0.2, 0) is 0 Å². The predicted octanol–water partition coefficient (Wildman–Crippen LogP) is 9.30. The van der Waals surface area contributed by atoms with E-state index in [1.165, 1.54) is 83.7 Å². The van der Waals surface area contributed by atoms with E-state index in [9.17, 15) is 0 Å². The minimum Gasteiger partial charge on any atom is -0.139 e. The number of rotatable bonds is 4. The fourth-order valence-electron chi connectivity index (χ4n) is 4.79. The lowest BCUT2D eigenvalue weighted by atomic mass is 9.88. The molecule has 3 heteroatoms. The molecule has 0 N–H and O–H groups in total. The van der Waals surface area contributed by atoms with Crippen LogP contribution in [0.2, 0.25) is 0 Å². The van der Waals surface area contributed by atoms with Crippen molar-refractivity contribution >= 4 is 34.0 Å². The van der Waals surface area contributed by atoms with E-state index in [4.69, 9.17) is 0 Å². The lowest BCUT2D eigenvalue weighted by Crippen LogP contribution is -2.01. The van der Waals surface area contributed by atoms with Gasteiger partial charge in [0.25, 0.3) is 0 Å². The van der Waals surface area contributed by atoms with Gasteiger partial charge < -0.3 is 0 Å². The summed E-state index contributed by atoms with van der Waals surface area (Å²) in [6, 6.07) is 14.2. The highest BCUT2D eigenvalue weighted by molar-refractivity contribution is 7.26. The molecule has 0 aliphatic heterocycles. The van der Waals surface area contributed by atoms with Gasteiger partial charge in [0.05, 0.1) is 0 Å². The fourth-order valence-corrected chi connectivity index (χ4v) is 8.33. The van der Waals surface area contributed by atoms with Crippen molar-refractivity contribution in [3.8, 4) is 19.5 Å². The zero-order valence-electron chi connectivity index (χ0n) is 15.9. The van der Waals surface area contributed by atoms with E-state index in [2.05, 4.69) is 36.4 Å². The number of thiophene rings is 3. The summed E-state index contributed by atoms with van der Waals surface area (Å²) in [4.78, 5) is 9.08. The number of hydrogen-bond acceptors (Lipinski definition) is 3. The Balaban J connectivity index is 1.33. The smallest absolute Gasteiger partial charge is 0.0449 e. The van der Waals surface area contributed by atoms with Crippen LogP contribution in [0.5, 0.6) is 0 Å². The molecular weight excluding hydrogens is 384 g/mol. The normalized spacial score (nSPS) is 19.6. The van der Waals surface area contributed by atoms with Crippen LogP contribution in [0.15, 0.2) is 36.4 Å². The van der Waals surface area contributed by atoms with Gasteiger partial charge in [-0.05, 0) is 73.9 Å². The first-order valence-electron chi connectivity index (χ1n) is 10.7. The van der Waals surface area contributed by atoms with Crippen molar-refractivity contribution < 1.29 is 0 Å². The van der Waals surface area contributed by atoms with Crippen LogP contribution in [0, 0.1) is 0 Å². The topological polar surface area (TPSA) is 0 Å². The Bertz CT molecular complexity index is 798. The van der Waals surface area contributed by atoms with Crippen molar-refractivity contribution in [2.24, 2.45) is 0 Å². The number of hydrogen-bond donors (Lipinski definition) is 0. The van der Waals surface area contributed by atoms with E-state index < -0.39 is 0 Å². The summed E-state index contributed by atoms with van der Waals surface area (Å²) in [5.41, 5.74) is 0. The molecule has 0 radical (unpaired) electrons. The van der Waals surface area contributed by atoms with Crippen molar-refractivity contribution in [3.63, 3.8) is 0 Å². The van der Waals surface area contributed by atoms with E-state index in [0.29, 0.717) is 0 Å². The summed E-state index contributed by atoms with van der Waals surface area (Å²) in [7, 11) is 0. The SMILES string of the molecule is c1cc(-c2ccc(C3CCCCC3)s2)sc1-c1ccc(C2CCCCC2)s1. The van der Waals surface area contributed by atoms with Gasteiger partial charge in [-0.2, -0.15) is 0 Å². The molecule has 3 heterocycles. The Morgan fingerprint density at radius 2 is 0.815 bits per heavy atom. The van der Waals surface area contributed by atoms with Gasteiger partial charge in [-0.3, -0.25) is 0 Å². The molecule has 27 heavy (non-hydrogen) atoms. The van der Waals surface area contributed by atoms with Gasteiger partial charge in [-0.25, -0.2) is 0 Å². The molecule has 2 saturated carbocycles. The Hall–Kier alpha value is -0.900. The summed E-state index contributed by atoms with van der Waals surface area (Å²) in [6.45, 7) is 0. The average molecular weight is 413 g/mol. The minimum absolute atomic E-state index is 0.826. The average Bonchev–Trinajstić information content (AvgIpc) is 3.49. The van der Waals surface area contributed by atoms with Crippen molar-refractivity contribution in [2.45, 2.75) is 76.0 Å². The van der Waals surface area contributed by atoms with Crippen molar-refractivity contribution in [1.29, 1.82) is 0 Å². The summed E-state index contributed by atoms with van der Waals surface area (Å²) >= 11 is 6.07. The van der Waals surface area contributed by atoms with Crippen LogP contribution >= 0.6 is 34.0 Å². The largest absolute Gasteiger partial charge is 0.139 e. The van der Waals surface area contributed by atoms with E-state index in [0.717, 1.165) is 11.8 Å². The molecule has 2 aliphatic carbocycles. The molecular formula is C24H28S3. The van der Waals surface area contributed by atoms with Crippen LogP contribution in [0.3, 0.4) is 0 Å². The molecule has 0 atom stereocenters. The van der Waals surface area contributed by atoms with Gasteiger partial charge in [-0.1, -0.05) is 38.5 Å². The Labute approximate surface area is 175 Å². The molecule has 5 rings (SSSR count). The first kappa shape index (κ1) is 18.1. The summed E-state index contributed by atoms with van der Waals surface area (Å²) in [5.74, 6) is 1.65. The van der Waals surface area contributed by atoms with Gasteiger partial charge in [0.1, 0.15) is 0 Å². The van der Waals surface area contributed by atoms with Gasteiger partial charge in [0, 0.05) is 29.3 Å². The second kappa shape index (κ2) is 8.23. The molecule has 0 saturated heterocycles. The van der Waals surface area contributed by atoms with Crippen LogP contribution in [0.4, 0.5) is 0 Å². The zero-order chi connectivity index (χ0) is 18.1. The summed E-state index contributed by atoms with van der Waals surface area (Å²) in [6.07, 6.45) is 14.1. The maximum atomic E-state index is 2.40. The fraction of sp³-hybridized carbons (Fsp3) is 0.500. The molecule has 2 aliphatic rings. The van der Waals surface area contributed by atoms with Crippen molar-refractivity contribution in [1.82, 2.24) is 0 Å². The van der Waals surface area contributed by atoms with E-state index in [1.807, 2.05) is 34.0 Å². The molecule has 0 spiro atoms. The molecule has 2 fully saturated rings. The molecule has 142 valence electrons. The van der Waals surface area contributed by atoms with Crippen molar-refractivity contribution in [2.75, 3.05) is 0 Å². The van der Waals surface area contributed by atoms with Gasteiger partial charge in [0.15, 0.2) is 0 Å². The van der Waals surface area contributed by atoms with Crippen LogP contribution < -0.4 is 0 Å². The molecule has 3 aromatic heterocycles. The molecule has 0 unspecified atom stereocenters. The second-order valence-electron chi connectivity index (χ2n) is 8.24. The lowest BCUT2D eigenvalue weighted by Gasteiger charge is -2.19. The highest BCUT2D eigenvalue weighted by atomic mass is 32.1. The third-order valence-electron chi connectivity index (χ3n) is 6.36. The second-order valence-corrected chi connectivity index (χ2v) is 11.6. The van der Waals surface area contributed by atoms with Gasteiger partial charge in [-0.15, -0.1) is 34.0 Å². The predicted molar refractivity (Wildman–Crippen MR) is 123 cm³/mol. The Morgan fingerprint density at radius 1 is 0.444 bits per heavy atom. The Morgan fingerprint density at radius 3 is 1.26 bits per heavy atom. The molecule has 0 nitrogen and oxygen atoms in total. The van der Waals surface area contributed by atoms with Crippen LogP contribution in [-0.4, -0.2) is 0 Å². The molecule has 0 bridgehead atoms. The highest BCUT2D eigenvalue weighted by Gasteiger charge is 2.20. The van der Waals surface area contributed by atoms with Crippen molar-refractivity contribution in [3.05, 3.63) is 46.2 Å². The third kappa shape index (κ3) is 3.97. The maximum Gasteiger partial charge on any atom is 0.0449 e. The summed E-state index contributed by atoms with van der Waals surface area (Å²) in [5, 5.41) is 0. The maximum absolute atomic E-state index is 2.40. The first-order valence-corrected chi connectivity index (χ1v) is 13.1. The van der Waals surface area contributed by atoms with Gasteiger partial charge >= 0.3 is 0 Å². The third-order valence-corrected chi connectivity index (χ3v) is 10.3. The Kier molecular flexibility index (Phi) is 5.53. The lowest BCUT2D eigenvalue weighted by molar-refractivity contribution is 0.448. The van der Waals surface area contributed by atoms with Gasteiger partial charge in [0.2, 0.25) is 0 Å².